The Hall–Kier alpha value is -0.120. The van der Waals surface area contributed by atoms with Gasteiger partial charge in [-0.3, -0.25) is 4.90 Å². The molecule has 0 aliphatic rings. The van der Waals surface area contributed by atoms with E-state index in [0.717, 1.165) is 13.1 Å². The van der Waals surface area contributed by atoms with Crippen molar-refractivity contribution in [3.05, 3.63) is 0 Å². The number of likely N-dealkylation sites (N-methyl/N-ethyl adjacent to an activating group) is 1. The summed E-state index contributed by atoms with van der Waals surface area (Å²) in [5.74, 6) is 0. The first-order valence-corrected chi connectivity index (χ1v) is 5.62. The van der Waals surface area contributed by atoms with E-state index >= 15 is 0 Å². The molecule has 0 N–H and O–H groups in total. The van der Waals surface area contributed by atoms with Crippen LogP contribution in [0.15, 0.2) is 0 Å². The highest BCUT2D eigenvalue weighted by Gasteiger charge is 2.15. The molecule has 0 rings (SSSR count). The number of nitrogens with zero attached hydrogens (tertiary/aromatic N) is 1. The summed E-state index contributed by atoms with van der Waals surface area (Å²) >= 11 is 0. The summed E-state index contributed by atoms with van der Waals surface area (Å²) in [5.41, 5.74) is 0. The Morgan fingerprint density at radius 2 is 1.50 bits per heavy atom. The second-order valence-corrected chi connectivity index (χ2v) is 3.52. The molecule has 0 atom stereocenters. The summed E-state index contributed by atoms with van der Waals surface area (Å²) in [6, 6.07) is 0.545. The van der Waals surface area contributed by atoms with Gasteiger partial charge in [-0.1, -0.05) is 6.92 Å². The second kappa shape index (κ2) is 8.21. The molecule has 0 heterocycles. The minimum absolute atomic E-state index is 0.0765. The third kappa shape index (κ3) is 5.58. The van der Waals surface area contributed by atoms with Crippen LogP contribution in [0.3, 0.4) is 0 Å². The van der Waals surface area contributed by atoms with E-state index in [1.165, 1.54) is 0 Å². The third-order valence-electron chi connectivity index (χ3n) is 2.23. The maximum Gasteiger partial charge on any atom is 0.170 e. The Labute approximate surface area is 88.4 Å². The van der Waals surface area contributed by atoms with E-state index < -0.39 is 0 Å². The Morgan fingerprint density at radius 1 is 1.00 bits per heavy atom. The average molecular weight is 203 g/mol. The highest BCUT2D eigenvalue weighted by molar-refractivity contribution is 4.62. The highest BCUT2D eigenvalue weighted by Crippen LogP contribution is 2.03. The predicted molar refractivity (Wildman–Crippen MR) is 59.4 cm³/mol. The summed E-state index contributed by atoms with van der Waals surface area (Å²) in [6.07, 6.45) is -0.0765. The summed E-state index contributed by atoms with van der Waals surface area (Å²) in [4.78, 5) is 2.34. The lowest BCUT2D eigenvalue weighted by atomic mass is 10.3. The van der Waals surface area contributed by atoms with Gasteiger partial charge in [-0.25, -0.2) is 0 Å². The van der Waals surface area contributed by atoms with Gasteiger partial charge >= 0.3 is 0 Å². The Bertz CT molecular complexity index is 122. The van der Waals surface area contributed by atoms with Gasteiger partial charge in [0.1, 0.15) is 0 Å². The fourth-order valence-corrected chi connectivity index (χ4v) is 1.42. The standard InChI is InChI=1S/C11H25NO2/c1-6-12(10(4)5)9-11(13-7-2)14-8-3/h10-11H,6-9H2,1-5H3. The van der Waals surface area contributed by atoms with Crippen LogP contribution in [0.25, 0.3) is 0 Å². The first kappa shape index (κ1) is 13.9. The molecular formula is C11H25NO2. The van der Waals surface area contributed by atoms with E-state index in [4.69, 9.17) is 9.47 Å². The van der Waals surface area contributed by atoms with Gasteiger partial charge in [0.05, 0.1) is 0 Å². The molecule has 3 heteroatoms. The lowest BCUT2D eigenvalue weighted by Crippen LogP contribution is -2.39. The van der Waals surface area contributed by atoms with Crippen LogP contribution >= 0.6 is 0 Å². The SMILES string of the molecule is CCOC(CN(CC)C(C)C)OCC. The van der Waals surface area contributed by atoms with E-state index in [2.05, 4.69) is 25.7 Å². The minimum Gasteiger partial charge on any atom is -0.352 e. The molecule has 0 amide bonds. The van der Waals surface area contributed by atoms with Gasteiger partial charge in [0, 0.05) is 25.8 Å². The molecule has 0 saturated heterocycles. The van der Waals surface area contributed by atoms with Crippen molar-refractivity contribution in [1.82, 2.24) is 4.90 Å². The smallest absolute Gasteiger partial charge is 0.170 e. The first-order chi connectivity index (χ1) is 6.65. The van der Waals surface area contributed by atoms with Gasteiger partial charge in [-0.15, -0.1) is 0 Å². The van der Waals surface area contributed by atoms with Crippen molar-refractivity contribution >= 4 is 0 Å². The minimum atomic E-state index is -0.0765. The van der Waals surface area contributed by atoms with Gasteiger partial charge < -0.3 is 9.47 Å². The average Bonchev–Trinajstić information content (AvgIpc) is 2.14. The number of ether oxygens (including phenoxy) is 2. The quantitative estimate of drug-likeness (QED) is 0.564. The van der Waals surface area contributed by atoms with Gasteiger partial charge in [0.25, 0.3) is 0 Å². The van der Waals surface area contributed by atoms with Crippen LogP contribution in [0, 0.1) is 0 Å². The summed E-state index contributed by atoms with van der Waals surface area (Å²) in [7, 11) is 0. The zero-order valence-corrected chi connectivity index (χ0v) is 10.2. The van der Waals surface area contributed by atoms with E-state index in [0.29, 0.717) is 19.3 Å². The number of rotatable bonds is 8. The Kier molecular flexibility index (Phi) is 8.14. The fraction of sp³-hybridized carbons (Fsp3) is 1.00. The maximum absolute atomic E-state index is 5.50. The van der Waals surface area contributed by atoms with Crippen LogP contribution in [0.2, 0.25) is 0 Å². The molecule has 0 radical (unpaired) electrons. The highest BCUT2D eigenvalue weighted by atomic mass is 16.7. The van der Waals surface area contributed by atoms with E-state index in [1.54, 1.807) is 0 Å². The molecule has 0 fully saturated rings. The van der Waals surface area contributed by atoms with Crippen LogP contribution in [-0.2, 0) is 9.47 Å². The lowest BCUT2D eigenvalue weighted by Gasteiger charge is -2.29. The zero-order chi connectivity index (χ0) is 11.0. The van der Waals surface area contributed by atoms with Gasteiger partial charge in [0.15, 0.2) is 6.29 Å². The summed E-state index contributed by atoms with van der Waals surface area (Å²) < 4.78 is 11.0. The van der Waals surface area contributed by atoms with E-state index in [1.807, 2.05) is 13.8 Å². The lowest BCUT2D eigenvalue weighted by molar-refractivity contribution is -0.149. The number of hydrogen-bond acceptors (Lipinski definition) is 3. The monoisotopic (exact) mass is 203 g/mol. The van der Waals surface area contributed by atoms with Crippen molar-refractivity contribution in [2.75, 3.05) is 26.3 Å². The van der Waals surface area contributed by atoms with Crippen molar-refractivity contribution in [2.24, 2.45) is 0 Å². The normalized spacial score (nSPS) is 12.0. The molecule has 0 aliphatic heterocycles. The molecule has 0 saturated carbocycles. The predicted octanol–water partition coefficient (Wildman–Crippen LogP) is 2.12. The van der Waals surface area contributed by atoms with E-state index in [9.17, 15) is 0 Å². The van der Waals surface area contributed by atoms with Crippen LogP contribution in [-0.4, -0.2) is 43.5 Å². The van der Waals surface area contributed by atoms with Crippen molar-refractivity contribution in [1.29, 1.82) is 0 Å². The van der Waals surface area contributed by atoms with Crippen LogP contribution in [0.5, 0.6) is 0 Å². The van der Waals surface area contributed by atoms with Crippen LogP contribution in [0.1, 0.15) is 34.6 Å². The van der Waals surface area contributed by atoms with Gasteiger partial charge in [-0.2, -0.15) is 0 Å². The molecule has 86 valence electrons. The molecule has 0 unspecified atom stereocenters. The molecule has 14 heavy (non-hydrogen) atoms. The molecule has 0 aromatic carbocycles. The third-order valence-corrected chi connectivity index (χ3v) is 2.23. The topological polar surface area (TPSA) is 21.7 Å². The second-order valence-electron chi connectivity index (χ2n) is 3.52. The van der Waals surface area contributed by atoms with Crippen LogP contribution < -0.4 is 0 Å². The molecular weight excluding hydrogens is 178 g/mol. The Balaban J connectivity index is 3.96. The maximum atomic E-state index is 5.50. The molecule has 0 aliphatic carbocycles. The summed E-state index contributed by atoms with van der Waals surface area (Å²) in [6.45, 7) is 13.9. The molecule has 0 bridgehead atoms. The molecule has 0 aromatic rings. The molecule has 0 aromatic heterocycles. The van der Waals surface area contributed by atoms with Gasteiger partial charge in [-0.05, 0) is 34.2 Å². The van der Waals surface area contributed by atoms with Crippen molar-refractivity contribution < 1.29 is 9.47 Å². The molecule has 0 spiro atoms. The van der Waals surface area contributed by atoms with Crippen molar-refractivity contribution in [3.63, 3.8) is 0 Å². The van der Waals surface area contributed by atoms with E-state index in [-0.39, 0.29) is 6.29 Å². The zero-order valence-electron chi connectivity index (χ0n) is 10.2. The Morgan fingerprint density at radius 3 is 1.79 bits per heavy atom. The first-order valence-electron chi connectivity index (χ1n) is 5.62. The van der Waals surface area contributed by atoms with Crippen molar-refractivity contribution in [2.45, 2.75) is 47.0 Å². The van der Waals surface area contributed by atoms with Crippen molar-refractivity contribution in [3.8, 4) is 0 Å². The largest absolute Gasteiger partial charge is 0.352 e. The van der Waals surface area contributed by atoms with Gasteiger partial charge in [0.2, 0.25) is 0 Å². The molecule has 3 nitrogen and oxygen atoms in total. The summed E-state index contributed by atoms with van der Waals surface area (Å²) in [5, 5.41) is 0. The fourth-order valence-electron chi connectivity index (χ4n) is 1.42. The number of hydrogen-bond donors (Lipinski definition) is 0. The van der Waals surface area contributed by atoms with Crippen LogP contribution in [0.4, 0.5) is 0 Å².